The van der Waals surface area contributed by atoms with Gasteiger partial charge in [-0.05, 0) is 37.1 Å². The summed E-state index contributed by atoms with van der Waals surface area (Å²) in [4.78, 5) is 14.4. The number of esters is 1. The second kappa shape index (κ2) is 8.99. The van der Waals surface area contributed by atoms with E-state index in [2.05, 4.69) is 9.62 Å². The van der Waals surface area contributed by atoms with Gasteiger partial charge in [-0.1, -0.05) is 13.8 Å². The molecule has 1 atom stereocenters. The third kappa shape index (κ3) is 5.09. The van der Waals surface area contributed by atoms with E-state index < -0.39 is 27.8 Å². The molecule has 162 valence electrons. The van der Waals surface area contributed by atoms with Crippen LogP contribution in [-0.2, 0) is 29.0 Å². The Morgan fingerprint density at radius 3 is 2.28 bits per heavy atom. The molecule has 0 saturated carbocycles. The molecule has 3 rings (SSSR count). The molecule has 0 aliphatic carbocycles. The lowest BCUT2D eigenvalue weighted by Crippen LogP contribution is -2.45. The van der Waals surface area contributed by atoms with E-state index in [1.165, 1.54) is 0 Å². The van der Waals surface area contributed by atoms with Gasteiger partial charge < -0.3 is 19.1 Å². The highest BCUT2D eigenvalue weighted by Gasteiger charge is 2.39. The molecular formula is C20H30N2O6S. The van der Waals surface area contributed by atoms with Gasteiger partial charge in [-0.15, -0.1) is 0 Å². The average molecular weight is 427 g/mol. The van der Waals surface area contributed by atoms with E-state index in [1.54, 1.807) is 45.0 Å². The molecule has 1 N–H and O–H groups in total. The Morgan fingerprint density at radius 2 is 1.76 bits per heavy atom. The summed E-state index contributed by atoms with van der Waals surface area (Å²) in [6.45, 7) is 8.28. The molecular weight excluding hydrogens is 396 g/mol. The number of hydrogen-bond acceptors (Lipinski definition) is 7. The molecule has 2 aliphatic heterocycles. The number of sulfonamides is 1. The minimum Gasteiger partial charge on any atom is -0.465 e. The summed E-state index contributed by atoms with van der Waals surface area (Å²) >= 11 is 0. The van der Waals surface area contributed by atoms with Gasteiger partial charge in [0.2, 0.25) is 10.0 Å². The van der Waals surface area contributed by atoms with Gasteiger partial charge in [0, 0.05) is 31.6 Å². The van der Waals surface area contributed by atoms with E-state index in [9.17, 15) is 13.2 Å². The molecule has 9 heteroatoms. The number of nitrogens with zero attached hydrogens (tertiary/aromatic N) is 1. The fraction of sp³-hybridized carbons (Fsp3) is 0.650. The topological polar surface area (TPSA) is 94.2 Å². The van der Waals surface area contributed by atoms with Crippen molar-refractivity contribution in [1.29, 1.82) is 0 Å². The Hall–Kier alpha value is -1.68. The van der Waals surface area contributed by atoms with E-state index in [0.717, 1.165) is 31.6 Å². The lowest BCUT2D eigenvalue weighted by atomic mass is 10.0. The fourth-order valence-electron chi connectivity index (χ4n) is 3.65. The zero-order chi connectivity index (χ0) is 21.1. The number of rotatable bonds is 7. The van der Waals surface area contributed by atoms with Crippen molar-refractivity contribution in [2.45, 2.75) is 50.3 Å². The molecule has 0 bridgehead atoms. The molecule has 2 heterocycles. The Morgan fingerprint density at radius 1 is 1.17 bits per heavy atom. The minimum atomic E-state index is -3.84. The van der Waals surface area contributed by atoms with Gasteiger partial charge in [0.1, 0.15) is 6.04 Å². The second-order valence-corrected chi connectivity index (χ2v) is 9.40. The van der Waals surface area contributed by atoms with Crippen molar-refractivity contribution in [3.05, 3.63) is 24.3 Å². The normalized spacial score (nSPS) is 20.2. The second-order valence-electron chi connectivity index (χ2n) is 7.68. The molecule has 0 amide bonds. The summed E-state index contributed by atoms with van der Waals surface area (Å²) in [7, 11) is -3.84. The summed E-state index contributed by atoms with van der Waals surface area (Å²) in [5.41, 5.74) is 0.947. The van der Waals surface area contributed by atoms with Crippen molar-refractivity contribution >= 4 is 21.7 Å². The monoisotopic (exact) mass is 426 g/mol. The van der Waals surface area contributed by atoms with Gasteiger partial charge in [-0.2, -0.15) is 4.72 Å². The summed E-state index contributed by atoms with van der Waals surface area (Å²) in [5.74, 6) is -1.24. The van der Waals surface area contributed by atoms with E-state index in [4.69, 9.17) is 14.2 Å². The number of nitrogens with one attached hydrogen (secondary N) is 1. The van der Waals surface area contributed by atoms with Gasteiger partial charge in [-0.25, -0.2) is 8.42 Å². The minimum absolute atomic E-state index is 0.118. The number of benzene rings is 1. The van der Waals surface area contributed by atoms with Crippen LogP contribution in [0.15, 0.2) is 29.2 Å². The van der Waals surface area contributed by atoms with Crippen LogP contribution in [0.4, 0.5) is 5.69 Å². The van der Waals surface area contributed by atoms with Crippen LogP contribution in [-0.4, -0.2) is 59.1 Å². The van der Waals surface area contributed by atoms with Crippen LogP contribution in [0.1, 0.15) is 33.6 Å². The lowest BCUT2D eigenvalue weighted by Gasteiger charge is -2.38. The van der Waals surface area contributed by atoms with Crippen LogP contribution in [0.5, 0.6) is 0 Å². The number of carbonyl (C=O) groups excluding carboxylic acids is 1. The SMILES string of the molecule is CCOC(=O)[C@@H](NS(=O)(=O)c1ccc(N2CCC3(CC2)OCCO3)cc1)C(C)C. The van der Waals surface area contributed by atoms with Crippen molar-refractivity contribution in [2.24, 2.45) is 5.92 Å². The van der Waals surface area contributed by atoms with E-state index in [1.807, 2.05) is 0 Å². The molecule has 1 spiro atoms. The van der Waals surface area contributed by atoms with Crippen molar-refractivity contribution in [1.82, 2.24) is 4.72 Å². The Balaban J connectivity index is 1.66. The summed E-state index contributed by atoms with van der Waals surface area (Å²) in [6, 6.07) is 5.78. The molecule has 8 nitrogen and oxygen atoms in total. The first-order valence-electron chi connectivity index (χ1n) is 10.1. The van der Waals surface area contributed by atoms with Crippen LogP contribution in [0.2, 0.25) is 0 Å². The van der Waals surface area contributed by atoms with E-state index >= 15 is 0 Å². The Kier molecular flexibility index (Phi) is 6.83. The summed E-state index contributed by atoms with van der Waals surface area (Å²) in [5, 5.41) is 0. The number of carbonyl (C=O) groups is 1. The van der Waals surface area contributed by atoms with Crippen molar-refractivity contribution in [2.75, 3.05) is 37.8 Å². The van der Waals surface area contributed by atoms with Crippen LogP contribution in [0.25, 0.3) is 0 Å². The molecule has 2 saturated heterocycles. The Bertz CT molecular complexity index is 793. The summed E-state index contributed by atoms with van der Waals surface area (Å²) < 4.78 is 44.5. The standard InChI is InChI=1S/C20H30N2O6S/c1-4-26-19(23)18(15(2)3)21-29(24,25)17-7-5-16(6-8-17)22-11-9-20(10-12-22)27-13-14-28-20/h5-8,15,18,21H,4,9-14H2,1-3H3/t18-/m0/s1. The highest BCUT2D eigenvalue weighted by Crippen LogP contribution is 2.33. The predicted molar refractivity (Wildman–Crippen MR) is 108 cm³/mol. The third-order valence-electron chi connectivity index (χ3n) is 5.34. The van der Waals surface area contributed by atoms with Gasteiger partial charge in [0.25, 0.3) is 0 Å². The number of anilines is 1. The smallest absolute Gasteiger partial charge is 0.324 e. The van der Waals surface area contributed by atoms with Gasteiger partial charge >= 0.3 is 5.97 Å². The van der Waals surface area contributed by atoms with Crippen LogP contribution in [0, 0.1) is 5.92 Å². The molecule has 1 aromatic carbocycles. The lowest BCUT2D eigenvalue weighted by molar-refractivity contribution is -0.169. The van der Waals surface area contributed by atoms with Crippen LogP contribution < -0.4 is 9.62 Å². The molecule has 29 heavy (non-hydrogen) atoms. The first-order valence-corrected chi connectivity index (χ1v) is 11.6. The number of ether oxygens (including phenoxy) is 3. The predicted octanol–water partition coefficient (Wildman–Crippen LogP) is 1.90. The van der Waals surface area contributed by atoms with Crippen LogP contribution in [0.3, 0.4) is 0 Å². The third-order valence-corrected chi connectivity index (χ3v) is 6.80. The van der Waals surface area contributed by atoms with E-state index in [-0.39, 0.29) is 17.4 Å². The van der Waals surface area contributed by atoms with Crippen molar-refractivity contribution < 1.29 is 27.4 Å². The zero-order valence-electron chi connectivity index (χ0n) is 17.2. The fourth-order valence-corrected chi connectivity index (χ4v) is 4.98. The van der Waals surface area contributed by atoms with Gasteiger partial charge in [0.15, 0.2) is 5.79 Å². The van der Waals surface area contributed by atoms with Gasteiger partial charge in [0.05, 0.1) is 24.7 Å². The molecule has 0 aromatic heterocycles. The largest absolute Gasteiger partial charge is 0.465 e. The van der Waals surface area contributed by atoms with E-state index in [0.29, 0.717) is 13.2 Å². The highest BCUT2D eigenvalue weighted by atomic mass is 32.2. The molecule has 2 fully saturated rings. The maximum absolute atomic E-state index is 12.7. The average Bonchev–Trinajstić information content (AvgIpc) is 3.15. The first-order chi connectivity index (χ1) is 13.8. The van der Waals surface area contributed by atoms with Crippen LogP contribution >= 0.6 is 0 Å². The van der Waals surface area contributed by atoms with Gasteiger partial charge in [-0.3, -0.25) is 4.79 Å². The number of hydrogen-bond donors (Lipinski definition) is 1. The molecule has 0 radical (unpaired) electrons. The molecule has 0 unspecified atom stereocenters. The number of piperidine rings is 1. The highest BCUT2D eigenvalue weighted by molar-refractivity contribution is 7.89. The van der Waals surface area contributed by atoms with Crippen molar-refractivity contribution in [3.8, 4) is 0 Å². The quantitative estimate of drug-likeness (QED) is 0.666. The first kappa shape index (κ1) is 22.0. The molecule has 1 aromatic rings. The summed E-state index contributed by atoms with van der Waals surface area (Å²) in [6.07, 6.45) is 1.56. The maximum Gasteiger partial charge on any atom is 0.324 e. The molecule has 2 aliphatic rings. The maximum atomic E-state index is 12.7. The van der Waals surface area contributed by atoms with Crippen molar-refractivity contribution in [3.63, 3.8) is 0 Å². The zero-order valence-corrected chi connectivity index (χ0v) is 18.0. The Labute approximate surface area is 172 Å².